The average Bonchev–Trinajstić information content (AvgIpc) is 3.92. The second-order valence-corrected chi connectivity index (χ2v) is 10.8. The molecule has 45 heavy (non-hydrogen) atoms. The summed E-state index contributed by atoms with van der Waals surface area (Å²) in [4.78, 5) is 41.7. The summed E-state index contributed by atoms with van der Waals surface area (Å²) in [6.07, 6.45) is 0.893. The summed E-state index contributed by atoms with van der Waals surface area (Å²) in [6, 6.07) is 5.54. The number of nitrogens with one attached hydrogen (secondary N) is 2. The quantitative estimate of drug-likeness (QED) is 0.205. The summed E-state index contributed by atoms with van der Waals surface area (Å²) in [5, 5.41) is 5.24. The highest BCUT2D eigenvalue weighted by atomic mass is 19.3. The topological polar surface area (TPSA) is 155 Å². The number of hydrogen-bond acceptors (Lipinski definition) is 8. The van der Waals surface area contributed by atoms with Crippen LogP contribution in [-0.4, -0.2) is 42.7 Å². The van der Waals surface area contributed by atoms with Gasteiger partial charge in [-0.1, -0.05) is 6.07 Å². The molecule has 2 fully saturated rings. The maximum Gasteiger partial charge on any atom is 0.405 e. The summed E-state index contributed by atoms with van der Waals surface area (Å²) in [5.74, 6) is -3.53. The molecule has 5 rings (SSSR count). The third-order valence-corrected chi connectivity index (χ3v) is 7.18. The molecule has 1 unspecified atom stereocenters. The van der Waals surface area contributed by atoms with Gasteiger partial charge >= 0.3 is 12.7 Å². The third kappa shape index (κ3) is 8.22. The predicted octanol–water partition coefficient (Wildman–Crippen LogP) is 5.16. The molecule has 2 aromatic carbocycles. The van der Waals surface area contributed by atoms with Gasteiger partial charge in [-0.25, -0.2) is 18.6 Å². The van der Waals surface area contributed by atoms with E-state index < -0.39 is 42.4 Å². The van der Waals surface area contributed by atoms with E-state index in [0.717, 1.165) is 25.0 Å². The lowest BCUT2D eigenvalue weighted by molar-refractivity contribution is -0.122. The smallest absolute Gasteiger partial charge is 0.405 e. The van der Waals surface area contributed by atoms with Crippen LogP contribution in [0.4, 0.5) is 22.4 Å². The van der Waals surface area contributed by atoms with Gasteiger partial charge in [-0.3, -0.25) is 9.59 Å². The van der Waals surface area contributed by atoms with Crippen LogP contribution in [-0.2, 0) is 9.53 Å². The van der Waals surface area contributed by atoms with Crippen molar-refractivity contribution >= 4 is 17.9 Å². The second-order valence-electron chi connectivity index (χ2n) is 10.8. The number of carbonyl (C=O) groups is 3. The molecule has 1 aromatic heterocycles. The molecule has 0 saturated heterocycles. The minimum absolute atomic E-state index is 0.00913. The lowest BCUT2D eigenvalue weighted by Crippen LogP contribution is -2.39. The summed E-state index contributed by atoms with van der Waals surface area (Å²) < 4.78 is 75.6. The Morgan fingerprint density at radius 3 is 2.47 bits per heavy atom. The number of aromatic nitrogens is 1. The fraction of sp³-hybridized carbons (Fsp3) is 0.400. The van der Waals surface area contributed by atoms with Gasteiger partial charge in [-0.05, 0) is 62.8 Å². The highest BCUT2D eigenvalue weighted by Crippen LogP contribution is 2.37. The van der Waals surface area contributed by atoms with Crippen LogP contribution in [0.1, 0.15) is 66.6 Å². The molecular weight excluding hydrogens is 604 g/mol. The Hall–Kier alpha value is -4.82. The van der Waals surface area contributed by atoms with Crippen molar-refractivity contribution < 1.29 is 50.6 Å². The molecule has 15 heteroatoms. The van der Waals surface area contributed by atoms with Gasteiger partial charge in [0, 0.05) is 29.7 Å². The Kier molecular flexibility index (Phi) is 9.44. The summed E-state index contributed by atoms with van der Waals surface area (Å²) in [6.45, 7) is -1.70. The van der Waals surface area contributed by atoms with Crippen molar-refractivity contribution in [2.24, 2.45) is 17.6 Å². The van der Waals surface area contributed by atoms with Crippen molar-refractivity contribution in [1.82, 2.24) is 15.6 Å². The Morgan fingerprint density at radius 2 is 1.82 bits per heavy atom. The van der Waals surface area contributed by atoms with Crippen LogP contribution in [0.25, 0.3) is 11.5 Å². The SMILES string of the molecule is C[C@H](OC(N)=O)c1oc(-c2ccc(OC(F)F)c(OCC3CC3)c2)nc1C(=O)NC(CNC(=O)C1CC1)c1ccc(F)cc1F. The summed E-state index contributed by atoms with van der Waals surface area (Å²) in [5.41, 5.74) is 4.88. The number of rotatable bonds is 14. The highest BCUT2D eigenvalue weighted by Gasteiger charge is 2.32. The van der Waals surface area contributed by atoms with E-state index in [-0.39, 0.29) is 70.9 Å². The monoisotopic (exact) mass is 634 g/mol. The van der Waals surface area contributed by atoms with E-state index in [0.29, 0.717) is 18.9 Å². The van der Waals surface area contributed by atoms with Crippen LogP contribution >= 0.6 is 0 Å². The number of benzene rings is 2. The van der Waals surface area contributed by atoms with Gasteiger partial charge in [-0.15, -0.1) is 0 Å². The van der Waals surface area contributed by atoms with E-state index in [1.165, 1.54) is 25.1 Å². The molecule has 4 N–H and O–H groups in total. The van der Waals surface area contributed by atoms with Gasteiger partial charge in [0.25, 0.3) is 5.91 Å². The lowest BCUT2D eigenvalue weighted by Gasteiger charge is -2.20. The first kappa shape index (κ1) is 31.6. The van der Waals surface area contributed by atoms with Crippen molar-refractivity contribution in [2.75, 3.05) is 13.2 Å². The normalized spacial score (nSPS) is 15.7. The van der Waals surface area contributed by atoms with E-state index in [4.69, 9.17) is 19.6 Å². The average molecular weight is 635 g/mol. The molecule has 0 spiro atoms. The molecular formula is C30H30F4N4O7. The fourth-order valence-electron chi connectivity index (χ4n) is 4.50. The fourth-order valence-corrected chi connectivity index (χ4v) is 4.50. The van der Waals surface area contributed by atoms with E-state index in [1.807, 2.05) is 0 Å². The molecule has 2 atom stereocenters. The predicted molar refractivity (Wildman–Crippen MR) is 148 cm³/mol. The maximum atomic E-state index is 14.8. The molecule has 2 aliphatic rings. The van der Waals surface area contributed by atoms with Gasteiger partial charge in [0.05, 0.1) is 12.6 Å². The Labute approximate surface area is 254 Å². The number of carbonyl (C=O) groups excluding carboxylic acids is 3. The van der Waals surface area contributed by atoms with E-state index in [9.17, 15) is 31.9 Å². The number of nitrogens with two attached hydrogens (primary N) is 1. The zero-order valence-corrected chi connectivity index (χ0v) is 24.0. The lowest BCUT2D eigenvalue weighted by atomic mass is 10.1. The van der Waals surface area contributed by atoms with Crippen LogP contribution in [0, 0.1) is 23.5 Å². The van der Waals surface area contributed by atoms with Crippen molar-refractivity contribution in [2.45, 2.75) is 51.4 Å². The molecule has 11 nitrogen and oxygen atoms in total. The van der Waals surface area contributed by atoms with Crippen molar-refractivity contribution in [3.05, 3.63) is 65.1 Å². The first-order chi connectivity index (χ1) is 21.5. The zero-order valence-electron chi connectivity index (χ0n) is 24.0. The molecule has 0 bridgehead atoms. The van der Waals surface area contributed by atoms with Crippen LogP contribution in [0.15, 0.2) is 40.8 Å². The molecule has 2 saturated carbocycles. The van der Waals surface area contributed by atoms with Crippen LogP contribution in [0.5, 0.6) is 11.5 Å². The van der Waals surface area contributed by atoms with Gasteiger partial charge in [0.15, 0.2) is 29.1 Å². The van der Waals surface area contributed by atoms with Crippen molar-refractivity contribution in [3.63, 3.8) is 0 Å². The Morgan fingerprint density at radius 1 is 1.07 bits per heavy atom. The number of alkyl halides is 2. The standard InChI is InChI=1S/C30H30F4N4O7/c1-14(43-30(35)41)25-24(27(40)37-21(12-36-26(39)16-4-5-16)19-8-7-18(31)11-20(19)32)38-28(45-25)17-6-9-22(44-29(33)34)23(10-17)42-13-15-2-3-15/h6-11,14-16,21,29H,2-5,12-13H2,1H3,(H2,35,41)(H,36,39)(H,37,40)/t14-,21?/m0/s1. The maximum absolute atomic E-state index is 14.8. The number of ether oxygens (including phenoxy) is 3. The number of nitrogens with zero attached hydrogens (tertiary/aromatic N) is 1. The van der Waals surface area contributed by atoms with Crippen molar-refractivity contribution in [1.29, 1.82) is 0 Å². The molecule has 240 valence electrons. The van der Waals surface area contributed by atoms with Gasteiger partial charge < -0.3 is 35.0 Å². The number of hydrogen-bond donors (Lipinski definition) is 3. The Balaban J connectivity index is 1.47. The molecule has 3 amide bonds. The summed E-state index contributed by atoms with van der Waals surface area (Å²) in [7, 11) is 0. The minimum Gasteiger partial charge on any atom is -0.489 e. The number of amides is 3. The van der Waals surface area contributed by atoms with E-state index >= 15 is 0 Å². The molecule has 1 heterocycles. The number of halogens is 4. The largest absolute Gasteiger partial charge is 0.489 e. The Bertz CT molecular complexity index is 1580. The summed E-state index contributed by atoms with van der Waals surface area (Å²) >= 11 is 0. The van der Waals surface area contributed by atoms with E-state index in [1.54, 1.807) is 0 Å². The molecule has 3 aromatic rings. The second kappa shape index (κ2) is 13.4. The molecule has 0 aliphatic heterocycles. The number of oxazole rings is 1. The van der Waals surface area contributed by atoms with Crippen LogP contribution in [0.2, 0.25) is 0 Å². The number of primary amides is 1. The van der Waals surface area contributed by atoms with Crippen LogP contribution in [0.3, 0.4) is 0 Å². The first-order valence-corrected chi connectivity index (χ1v) is 14.2. The third-order valence-electron chi connectivity index (χ3n) is 7.18. The van der Waals surface area contributed by atoms with Crippen LogP contribution < -0.4 is 25.8 Å². The highest BCUT2D eigenvalue weighted by molar-refractivity contribution is 5.94. The van der Waals surface area contributed by atoms with Crippen molar-refractivity contribution in [3.8, 4) is 23.0 Å². The van der Waals surface area contributed by atoms with E-state index in [2.05, 4.69) is 20.4 Å². The zero-order chi connectivity index (χ0) is 32.2. The molecule has 2 aliphatic carbocycles. The van der Waals surface area contributed by atoms with Gasteiger partial charge in [-0.2, -0.15) is 8.78 Å². The molecule has 0 radical (unpaired) electrons. The minimum atomic E-state index is -3.11. The van der Waals surface area contributed by atoms with Gasteiger partial charge in [0.2, 0.25) is 11.8 Å². The first-order valence-electron chi connectivity index (χ1n) is 14.2. The van der Waals surface area contributed by atoms with Gasteiger partial charge in [0.1, 0.15) is 11.6 Å².